The minimum atomic E-state index is -1.58. The lowest BCUT2D eigenvalue weighted by Gasteiger charge is -2.34. The number of nitrogens with zero attached hydrogens (tertiary/aromatic N) is 2. The highest BCUT2D eigenvalue weighted by Gasteiger charge is 2.60. The highest BCUT2D eigenvalue weighted by molar-refractivity contribution is 7.16. The van der Waals surface area contributed by atoms with Crippen molar-refractivity contribution in [3.8, 4) is 11.5 Å². The van der Waals surface area contributed by atoms with Gasteiger partial charge in [0.05, 0.1) is 11.1 Å². The van der Waals surface area contributed by atoms with E-state index in [1.54, 1.807) is 9.78 Å². The number of halogens is 1. The first-order valence-electron chi connectivity index (χ1n) is 11.2. The molecule has 1 saturated heterocycles. The van der Waals surface area contributed by atoms with Crippen molar-refractivity contribution in [3.05, 3.63) is 33.2 Å². The van der Waals surface area contributed by atoms with E-state index in [1.165, 1.54) is 30.2 Å². The normalized spacial score (nSPS) is 29.3. The summed E-state index contributed by atoms with van der Waals surface area (Å²) in [6.45, 7) is 2.35. The van der Waals surface area contributed by atoms with Gasteiger partial charge in [-0.1, -0.05) is 0 Å². The van der Waals surface area contributed by atoms with E-state index in [9.17, 15) is 9.59 Å². The summed E-state index contributed by atoms with van der Waals surface area (Å²) in [5.41, 5.74) is 7.35. The lowest BCUT2D eigenvalue weighted by Crippen LogP contribution is -2.37. The van der Waals surface area contributed by atoms with E-state index < -0.39 is 17.4 Å². The average molecular weight is 472 g/mol. The molecule has 0 spiro atoms. The Morgan fingerprint density at radius 1 is 1.42 bits per heavy atom. The van der Waals surface area contributed by atoms with Crippen LogP contribution >= 0.6 is 11.3 Å². The minimum Gasteiger partial charge on any atom is -0.483 e. The molecular weight excluding hydrogens is 449 g/mol. The van der Waals surface area contributed by atoms with Crippen LogP contribution in [0.5, 0.6) is 11.5 Å². The number of thiazole rings is 1. The van der Waals surface area contributed by atoms with Gasteiger partial charge in [0.2, 0.25) is 11.2 Å². The van der Waals surface area contributed by atoms with E-state index in [-0.39, 0.29) is 23.2 Å². The number of pyridine rings is 1. The molecule has 4 heterocycles. The SMILES string of the molecule is NCC12CCC(C1)C1CN(c3c(F)cc4c(=O)c(OC(=O)O)c5scc6n5c4c3OC6)CC12. The van der Waals surface area contributed by atoms with Gasteiger partial charge >= 0.3 is 6.16 Å². The van der Waals surface area contributed by atoms with Gasteiger partial charge in [-0.15, -0.1) is 11.3 Å². The average Bonchev–Trinajstić information content (AvgIpc) is 3.55. The molecule has 33 heavy (non-hydrogen) atoms. The number of benzene rings is 1. The van der Waals surface area contributed by atoms with Crippen LogP contribution in [-0.2, 0) is 6.61 Å². The molecular formula is C23H22FN3O5S. The van der Waals surface area contributed by atoms with Crippen LogP contribution in [0.4, 0.5) is 14.9 Å². The molecule has 2 aliphatic heterocycles. The Bertz CT molecular complexity index is 1430. The summed E-state index contributed by atoms with van der Waals surface area (Å²) < 4.78 is 28.3. The maximum absolute atomic E-state index is 15.7. The number of aromatic nitrogens is 1. The second kappa shape index (κ2) is 6.38. The Balaban J connectivity index is 1.43. The molecule has 8 nitrogen and oxygen atoms in total. The Morgan fingerprint density at radius 2 is 2.27 bits per heavy atom. The summed E-state index contributed by atoms with van der Waals surface area (Å²) >= 11 is 1.21. The Hall–Kier alpha value is -2.85. The van der Waals surface area contributed by atoms with E-state index in [4.69, 9.17) is 20.3 Å². The third-order valence-electron chi connectivity index (χ3n) is 8.56. The number of carbonyl (C=O) groups is 1. The standard InChI is InChI=1S/C23H22FN3O5S/c24-15-3-12-16-19(17(15)26-5-13-10-1-2-23(4-10,9-25)14(13)6-26)31-7-11-8-33-21(27(11)16)20(18(12)28)32-22(29)30/h3,8,10,13-14H,1-2,4-7,9,25H2,(H,29,30). The zero-order valence-electron chi connectivity index (χ0n) is 17.7. The van der Waals surface area contributed by atoms with Gasteiger partial charge in [0.15, 0.2) is 11.6 Å². The largest absolute Gasteiger partial charge is 0.511 e. The fourth-order valence-corrected chi connectivity index (χ4v) is 8.19. The number of carboxylic acid groups (broad SMARTS) is 1. The van der Waals surface area contributed by atoms with Gasteiger partial charge in [-0.3, -0.25) is 9.20 Å². The Labute approximate surface area is 191 Å². The molecule has 2 saturated carbocycles. The molecule has 0 radical (unpaired) electrons. The van der Waals surface area contributed by atoms with Crippen molar-refractivity contribution >= 4 is 38.9 Å². The summed E-state index contributed by atoms with van der Waals surface area (Å²) in [6.07, 6.45) is 1.93. The van der Waals surface area contributed by atoms with Crippen molar-refractivity contribution in [1.82, 2.24) is 4.40 Å². The third-order valence-corrected chi connectivity index (χ3v) is 9.54. The molecule has 10 heteroatoms. The summed E-state index contributed by atoms with van der Waals surface area (Å²) in [7, 11) is 0. The van der Waals surface area contributed by atoms with E-state index in [0.717, 1.165) is 25.2 Å². The molecule has 7 rings (SSSR count). The quantitative estimate of drug-likeness (QED) is 0.564. The number of hydrogen-bond acceptors (Lipinski definition) is 7. The molecule has 172 valence electrons. The highest BCUT2D eigenvalue weighted by atomic mass is 32.1. The summed E-state index contributed by atoms with van der Waals surface area (Å²) in [5, 5.41) is 11.0. The molecule has 2 aromatic heterocycles. The second-order valence-corrected chi connectivity index (χ2v) is 10.7. The predicted octanol–water partition coefficient (Wildman–Crippen LogP) is 3.41. The topological polar surface area (TPSA) is 106 Å². The molecule has 3 aromatic rings. The molecule has 2 aliphatic carbocycles. The third kappa shape index (κ3) is 2.37. The van der Waals surface area contributed by atoms with Gasteiger partial charge < -0.3 is 25.2 Å². The molecule has 1 aromatic carbocycles. The number of ether oxygens (including phenoxy) is 2. The number of anilines is 1. The van der Waals surface area contributed by atoms with Crippen molar-refractivity contribution < 1.29 is 23.8 Å². The van der Waals surface area contributed by atoms with E-state index >= 15 is 4.39 Å². The first-order chi connectivity index (χ1) is 15.9. The van der Waals surface area contributed by atoms with Crippen LogP contribution in [0.3, 0.4) is 0 Å². The van der Waals surface area contributed by atoms with Crippen molar-refractivity contribution in [2.75, 3.05) is 24.5 Å². The highest BCUT2D eigenvalue weighted by Crippen LogP contribution is 2.63. The molecule has 0 amide bonds. The minimum absolute atomic E-state index is 0.0530. The predicted molar refractivity (Wildman–Crippen MR) is 120 cm³/mol. The summed E-state index contributed by atoms with van der Waals surface area (Å²) in [5.74, 6) is 1.08. The molecule has 2 bridgehead atoms. The first-order valence-corrected chi connectivity index (χ1v) is 12.1. The van der Waals surface area contributed by atoms with Crippen molar-refractivity contribution in [2.45, 2.75) is 25.9 Å². The number of rotatable bonds is 3. The zero-order valence-corrected chi connectivity index (χ0v) is 18.5. The van der Waals surface area contributed by atoms with Crippen LogP contribution in [-0.4, -0.2) is 35.3 Å². The van der Waals surface area contributed by atoms with Crippen molar-refractivity contribution in [2.24, 2.45) is 28.9 Å². The first kappa shape index (κ1) is 19.6. The van der Waals surface area contributed by atoms with Crippen LogP contribution in [0.1, 0.15) is 25.0 Å². The fourth-order valence-electron chi connectivity index (χ4n) is 7.21. The lowest BCUT2D eigenvalue weighted by molar-refractivity contribution is 0.144. The van der Waals surface area contributed by atoms with E-state index in [2.05, 4.69) is 4.90 Å². The monoisotopic (exact) mass is 471 g/mol. The van der Waals surface area contributed by atoms with E-state index in [0.29, 0.717) is 46.1 Å². The van der Waals surface area contributed by atoms with Crippen LogP contribution in [0, 0.1) is 29.0 Å². The molecule has 3 fully saturated rings. The molecule has 4 aliphatic rings. The molecule has 3 N–H and O–H groups in total. The van der Waals surface area contributed by atoms with Gasteiger partial charge in [-0.25, -0.2) is 9.18 Å². The van der Waals surface area contributed by atoms with Crippen LogP contribution in [0.15, 0.2) is 16.2 Å². The number of nitrogens with two attached hydrogens (primary N) is 1. The van der Waals surface area contributed by atoms with Gasteiger partial charge in [0, 0.05) is 18.5 Å². The smallest absolute Gasteiger partial charge is 0.483 e. The van der Waals surface area contributed by atoms with Crippen molar-refractivity contribution in [1.29, 1.82) is 0 Å². The van der Waals surface area contributed by atoms with Gasteiger partial charge in [0.25, 0.3) is 0 Å². The van der Waals surface area contributed by atoms with Crippen LogP contribution < -0.4 is 25.5 Å². The van der Waals surface area contributed by atoms with Crippen molar-refractivity contribution in [3.63, 3.8) is 0 Å². The number of hydrogen-bond donors (Lipinski definition) is 2. The van der Waals surface area contributed by atoms with Crippen LogP contribution in [0.2, 0.25) is 0 Å². The number of fused-ring (bicyclic) bond motifs is 5. The maximum Gasteiger partial charge on any atom is 0.511 e. The van der Waals surface area contributed by atoms with Crippen LogP contribution in [0.25, 0.3) is 15.7 Å². The maximum atomic E-state index is 15.7. The summed E-state index contributed by atoms with van der Waals surface area (Å²) in [4.78, 5) is 26.8. The molecule has 4 atom stereocenters. The van der Waals surface area contributed by atoms with Gasteiger partial charge in [-0.2, -0.15) is 0 Å². The van der Waals surface area contributed by atoms with E-state index in [1.807, 2.05) is 0 Å². The second-order valence-electron chi connectivity index (χ2n) is 9.86. The lowest BCUT2D eigenvalue weighted by atomic mass is 9.72. The fraction of sp³-hybridized carbons (Fsp3) is 0.478. The summed E-state index contributed by atoms with van der Waals surface area (Å²) in [6, 6.07) is 1.20. The zero-order chi connectivity index (χ0) is 22.6. The molecule has 4 unspecified atom stereocenters. The van der Waals surface area contributed by atoms with Gasteiger partial charge in [0.1, 0.15) is 22.6 Å². The Kier molecular flexibility index (Phi) is 3.79. The Morgan fingerprint density at radius 3 is 3.06 bits per heavy atom. The van der Waals surface area contributed by atoms with Gasteiger partial charge in [-0.05, 0) is 55.0 Å².